The zero-order valence-electron chi connectivity index (χ0n) is 17.5. The summed E-state index contributed by atoms with van der Waals surface area (Å²) in [6, 6.07) is 0. The van der Waals surface area contributed by atoms with Crippen molar-refractivity contribution in [3.05, 3.63) is 0 Å². The average molecular weight is 466 g/mol. The van der Waals surface area contributed by atoms with Crippen molar-refractivity contribution in [3.63, 3.8) is 0 Å². The number of rotatable bonds is 3. The quantitative estimate of drug-likeness (QED) is 0.431. The van der Waals surface area contributed by atoms with E-state index in [4.69, 9.17) is 0 Å². The van der Waals surface area contributed by atoms with Gasteiger partial charge in [0.2, 0.25) is 0 Å². The fourth-order valence-corrected chi connectivity index (χ4v) is 54.8. The average Bonchev–Trinajstić information content (AvgIpc) is 2.11. The van der Waals surface area contributed by atoms with Gasteiger partial charge in [0.05, 0.1) is 0 Å². The van der Waals surface area contributed by atoms with Gasteiger partial charge in [-0.05, 0) is 0 Å². The van der Waals surface area contributed by atoms with Crippen LogP contribution in [0.2, 0.25) is 59.2 Å². The Kier molecular flexibility index (Phi) is 10.3. The molecule has 0 saturated heterocycles. The van der Waals surface area contributed by atoms with E-state index in [9.17, 15) is 0 Å². The first-order valence-electron chi connectivity index (χ1n) is 8.25. The molecular weight excluding hydrogens is 423 g/mol. The Labute approximate surface area is 152 Å². The molecule has 0 aliphatic carbocycles. The van der Waals surface area contributed by atoms with Crippen LogP contribution in [0.4, 0.5) is 0 Å². The Morgan fingerprint density at radius 2 is 0.762 bits per heavy atom. The van der Waals surface area contributed by atoms with Crippen LogP contribution in [0.25, 0.3) is 0 Å². The summed E-state index contributed by atoms with van der Waals surface area (Å²) in [4.78, 5) is 0. The Balaban J connectivity index is 0. The molecule has 0 heterocycles. The second-order valence-electron chi connectivity index (χ2n) is 9.88. The molecule has 0 rings (SSSR count). The number of hydrogen-bond donors (Lipinski definition) is 0. The summed E-state index contributed by atoms with van der Waals surface area (Å²) in [5.74, 6) is 0. The zero-order chi connectivity index (χ0) is 17.9. The molecule has 0 atom stereocenters. The Bertz CT molecular complexity index is 266. The fraction of sp³-hybridized carbons (Fsp3) is 1.00. The minimum absolute atomic E-state index is 0.0136. The van der Waals surface area contributed by atoms with Crippen molar-refractivity contribution in [1.29, 1.82) is 0 Å². The van der Waals surface area contributed by atoms with E-state index in [1.54, 1.807) is 0 Å². The van der Waals surface area contributed by atoms with Gasteiger partial charge in [-0.25, -0.2) is 0 Å². The van der Waals surface area contributed by atoms with Crippen LogP contribution in [0.5, 0.6) is 0 Å². The van der Waals surface area contributed by atoms with E-state index in [2.05, 4.69) is 93.9 Å². The first-order chi connectivity index (χ1) is 8.84. The van der Waals surface area contributed by atoms with Gasteiger partial charge in [-0.1, -0.05) is 52.4 Å². The standard InChI is InChI=1S/C8H24Si4.2C4H9.Sn/c1-9(2)11(5,6)12(7,8)10(3)4;2*1-4(2)3;/h1-8H3;2*1-3H3;. The van der Waals surface area contributed by atoms with Gasteiger partial charge in [0.1, 0.15) is 0 Å². The summed E-state index contributed by atoms with van der Waals surface area (Å²) in [5, 5.41) is 0. The Morgan fingerprint density at radius 3 is 0.810 bits per heavy atom. The second-order valence-corrected chi connectivity index (χ2v) is 53.7. The van der Waals surface area contributed by atoms with Gasteiger partial charge in [0, 0.05) is 30.8 Å². The van der Waals surface area contributed by atoms with Crippen molar-refractivity contribution in [3.8, 4) is 0 Å². The van der Waals surface area contributed by atoms with E-state index >= 15 is 0 Å². The fourth-order valence-electron chi connectivity index (χ4n) is 2.38. The molecule has 126 valence electrons. The maximum absolute atomic E-state index is 2.66. The molecule has 0 aliphatic heterocycles. The molecule has 0 bridgehead atoms. The van der Waals surface area contributed by atoms with Crippen LogP contribution in [0.3, 0.4) is 0 Å². The van der Waals surface area contributed by atoms with Gasteiger partial charge < -0.3 is 0 Å². The third-order valence-electron chi connectivity index (χ3n) is 4.81. The number of hydrogen-bond acceptors (Lipinski definition) is 0. The van der Waals surface area contributed by atoms with Crippen LogP contribution in [-0.2, 0) is 0 Å². The third kappa shape index (κ3) is 10.2. The van der Waals surface area contributed by atoms with Crippen molar-refractivity contribution in [1.82, 2.24) is 0 Å². The van der Waals surface area contributed by atoms with Crippen molar-refractivity contribution < 1.29 is 0 Å². The van der Waals surface area contributed by atoms with E-state index in [1.807, 2.05) is 0 Å². The van der Waals surface area contributed by atoms with Gasteiger partial charge >= 0.3 is 69.5 Å². The van der Waals surface area contributed by atoms with E-state index in [1.165, 1.54) is 0 Å². The Hall–Kier alpha value is 1.67. The first kappa shape index (κ1) is 24.9. The van der Waals surface area contributed by atoms with Gasteiger partial charge in [-0.3, -0.25) is 0 Å². The largest absolute Gasteiger partial charge is 0.0735 e. The summed E-state index contributed by atoms with van der Waals surface area (Å²) in [5.41, 5.74) is 0. The minimum atomic E-state index is -0.785. The van der Waals surface area contributed by atoms with Crippen LogP contribution >= 0.6 is 0 Å². The second kappa shape index (κ2) is 8.67. The molecule has 0 unspecified atom stereocenters. The molecule has 4 radical (unpaired) electrons. The molecule has 0 amide bonds. The molecule has 0 aromatic rings. The van der Waals surface area contributed by atoms with E-state index in [-0.39, 0.29) is 37.8 Å². The zero-order valence-corrected chi connectivity index (χ0v) is 24.4. The normalized spacial score (nSPS) is 14.3. The molecule has 0 spiro atoms. The molecule has 0 fully saturated rings. The first-order valence-corrected chi connectivity index (χ1v) is 25.1. The molecule has 5 heteroatoms. The molecule has 0 saturated carbocycles. The molecular formula is C16H42Si4Sn. The topological polar surface area (TPSA) is 0 Å². The van der Waals surface area contributed by atoms with Crippen LogP contribution < -0.4 is 0 Å². The van der Waals surface area contributed by atoms with Crippen LogP contribution in [0, 0.1) is 0 Å². The Morgan fingerprint density at radius 1 is 0.571 bits per heavy atom. The summed E-state index contributed by atoms with van der Waals surface area (Å²) in [7, 11) is -1.54. The van der Waals surface area contributed by atoms with Gasteiger partial charge in [0.15, 0.2) is 0 Å². The third-order valence-corrected chi connectivity index (χ3v) is 64.1. The monoisotopic (exact) mass is 466 g/mol. The van der Waals surface area contributed by atoms with Gasteiger partial charge in [-0.2, -0.15) is 0 Å². The summed E-state index contributed by atoms with van der Waals surface area (Å²) in [6.07, 6.45) is 0. The SMILES string of the molecule is C[C](C)(C)[Sn][C](C)(C)C.C[Si](C)[Si](C)(C)[Si](C)(C)[Si](C)C. The van der Waals surface area contributed by atoms with Crippen LogP contribution in [0.15, 0.2) is 0 Å². The van der Waals surface area contributed by atoms with Crippen molar-refractivity contribution in [2.45, 2.75) is 101 Å². The molecule has 0 nitrogen and oxygen atoms in total. The summed E-state index contributed by atoms with van der Waals surface area (Å²) >= 11 is -0.182. The maximum Gasteiger partial charge on any atom is 0.0307 e. The van der Waals surface area contributed by atoms with E-state index in [0.717, 1.165) is 0 Å². The predicted octanol–water partition coefficient (Wildman–Crippen LogP) is 6.27. The van der Waals surface area contributed by atoms with Gasteiger partial charge in [0.25, 0.3) is 0 Å². The molecule has 0 N–H and O–H groups in total. The molecule has 0 aromatic heterocycles. The van der Waals surface area contributed by atoms with E-state index < -0.39 is 14.2 Å². The van der Waals surface area contributed by atoms with Crippen molar-refractivity contribution in [2.75, 3.05) is 0 Å². The molecule has 0 aromatic carbocycles. The van der Waals surface area contributed by atoms with Crippen LogP contribution in [-0.4, -0.2) is 52.0 Å². The molecule has 21 heavy (non-hydrogen) atoms. The predicted molar refractivity (Wildman–Crippen MR) is 115 cm³/mol. The smallest absolute Gasteiger partial charge is 0.0307 e. The minimum Gasteiger partial charge on any atom is -0.0735 e. The maximum atomic E-state index is 2.66. The van der Waals surface area contributed by atoms with Gasteiger partial charge in [-0.15, -0.1) is 0 Å². The van der Waals surface area contributed by atoms with Crippen molar-refractivity contribution in [2.24, 2.45) is 0 Å². The van der Waals surface area contributed by atoms with Crippen molar-refractivity contribution >= 4 is 52.0 Å². The summed E-state index contributed by atoms with van der Waals surface area (Å²) in [6.45, 7) is 35.0. The molecule has 0 aliphatic rings. The van der Waals surface area contributed by atoms with E-state index in [0.29, 0.717) is 6.86 Å². The summed E-state index contributed by atoms with van der Waals surface area (Å²) < 4.78 is 1.31. The van der Waals surface area contributed by atoms with Crippen LogP contribution in [0.1, 0.15) is 41.5 Å².